The third-order valence-corrected chi connectivity index (χ3v) is 6.86. The Morgan fingerprint density at radius 1 is 0.732 bits per heavy atom. The zero-order valence-electron chi connectivity index (χ0n) is 27.1. The van der Waals surface area contributed by atoms with E-state index in [0.717, 1.165) is 29.7 Å². The average Bonchev–Trinajstić information content (AvgIpc) is 2.89. The Balaban J connectivity index is 0.00000292. The second kappa shape index (κ2) is 25.3. The number of unbranched alkanes of at least 4 members (excludes halogenated alkanes) is 14. The summed E-state index contributed by atoms with van der Waals surface area (Å²) in [5.41, 5.74) is 1.35. The first-order valence-corrected chi connectivity index (χ1v) is 18.0. The molecule has 0 spiro atoms. The van der Waals surface area contributed by atoms with E-state index in [2.05, 4.69) is 40.2 Å². The van der Waals surface area contributed by atoms with Crippen LogP contribution in [0.15, 0.2) is 24.3 Å². The summed E-state index contributed by atoms with van der Waals surface area (Å²) in [5.74, 6) is 0.816. The number of aryl methyl sites for hydroxylation is 1. The molecule has 0 radical (unpaired) electrons. The minimum absolute atomic E-state index is 0.279. The minimum atomic E-state index is -3.67. The Bertz CT molecular complexity index is 800. The van der Waals surface area contributed by atoms with Gasteiger partial charge < -0.3 is 19.1 Å². The summed E-state index contributed by atoms with van der Waals surface area (Å²) < 4.78 is 38.3. The maximum absolute atomic E-state index is 10.1. The Kier molecular flexibility index (Phi) is 24.6. The van der Waals surface area contributed by atoms with Crippen molar-refractivity contribution in [3.05, 3.63) is 29.8 Å². The molecule has 41 heavy (non-hydrogen) atoms. The fourth-order valence-corrected chi connectivity index (χ4v) is 4.53. The van der Waals surface area contributed by atoms with Crippen molar-refractivity contribution in [1.82, 2.24) is 0 Å². The highest BCUT2D eigenvalue weighted by Gasteiger charge is 2.07. The Hall–Kier alpha value is -1.19. The van der Waals surface area contributed by atoms with E-state index >= 15 is 0 Å². The largest absolute Gasteiger partial charge is 0.491 e. The van der Waals surface area contributed by atoms with Gasteiger partial charge in [0.15, 0.2) is 0 Å². The van der Waals surface area contributed by atoms with E-state index in [-0.39, 0.29) is 6.61 Å². The lowest BCUT2D eigenvalue weighted by Gasteiger charge is -2.23. The molecule has 8 heteroatoms. The normalized spacial score (nSPS) is 12.6. The molecule has 0 aliphatic heterocycles. The summed E-state index contributed by atoms with van der Waals surface area (Å²) in [6, 6.07) is 8.30. The Morgan fingerprint density at radius 2 is 1.20 bits per heavy atom. The van der Waals surface area contributed by atoms with Crippen LogP contribution in [0, 0.1) is 0 Å². The predicted molar refractivity (Wildman–Crippen MR) is 172 cm³/mol. The van der Waals surface area contributed by atoms with Gasteiger partial charge in [-0.3, -0.25) is 4.55 Å². The van der Waals surface area contributed by atoms with Gasteiger partial charge in [0.25, 0.3) is 10.1 Å². The third-order valence-electron chi connectivity index (χ3n) is 6.86. The van der Waals surface area contributed by atoms with Crippen molar-refractivity contribution in [3.63, 3.8) is 0 Å². The molecule has 242 valence electrons. The molecule has 0 heterocycles. The van der Waals surface area contributed by atoms with Crippen LogP contribution in [0.5, 0.6) is 5.75 Å². The highest BCUT2D eigenvalue weighted by molar-refractivity contribution is 7.85. The summed E-state index contributed by atoms with van der Waals surface area (Å²) >= 11 is 0. The maximum Gasteiger partial charge on any atom is 0.261 e. The molecule has 0 amide bonds. The van der Waals surface area contributed by atoms with Crippen LogP contribution in [0.3, 0.4) is 0 Å². The second-order valence-corrected chi connectivity index (χ2v) is 13.9. The van der Waals surface area contributed by atoms with Crippen LogP contribution in [0.1, 0.15) is 115 Å². The zero-order valence-corrected chi connectivity index (χ0v) is 27.9. The Morgan fingerprint density at radius 3 is 1.66 bits per heavy atom. The van der Waals surface area contributed by atoms with E-state index in [1.54, 1.807) is 0 Å². The van der Waals surface area contributed by atoms with Crippen LogP contribution in [-0.4, -0.2) is 82.4 Å². The highest BCUT2D eigenvalue weighted by Crippen LogP contribution is 2.15. The number of hydrogen-bond donors (Lipinski definition) is 2. The lowest BCUT2D eigenvalue weighted by molar-refractivity contribution is -0.870. The van der Waals surface area contributed by atoms with Crippen molar-refractivity contribution < 1.29 is 32.0 Å². The van der Waals surface area contributed by atoms with Gasteiger partial charge in [-0.15, -0.1) is 0 Å². The topological polar surface area (TPSA) is 93.1 Å². The van der Waals surface area contributed by atoms with Gasteiger partial charge >= 0.3 is 0 Å². The number of aliphatic hydroxyl groups is 1. The number of benzene rings is 1. The van der Waals surface area contributed by atoms with Gasteiger partial charge in [0, 0.05) is 6.61 Å². The number of rotatable bonds is 25. The second-order valence-electron chi connectivity index (χ2n) is 12.5. The van der Waals surface area contributed by atoms with Crippen LogP contribution in [0.4, 0.5) is 0 Å². The van der Waals surface area contributed by atoms with Crippen LogP contribution >= 0.6 is 0 Å². The average molecular weight is 603 g/mol. The molecule has 0 aromatic heterocycles. The highest BCUT2D eigenvalue weighted by atomic mass is 32.2. The summed E-state index contributed by atoms with van der Waals surface area (Å²) in [5, 5.41) is 10.1. The van der Waals surface area contributed by atoms with Crippen LogP contribution in [-0.2, 0) is 21.3 Å². The molecule has 0 aliphatic rings. The minimum Gasteiger partial charge on any atom is -0.491 e. The molecule has 1 atom stereocenters. The molecule has 1 aromatic rings. The van der Waals surface area contributed by atoms with Gasteiger partial charge in [0.05, 0.1) is 40.6 Å². The summed E-state index contributed by atoms with van der Waals surface area (Å²) in [6.07, 6.45) is 22.8. The van der Waals surface area contributed by atoms with E-state index in [0.29, 0.717) is 12.9 Å². The van der Waals surface area contributed by atoms with Crippen LogP contribution in [0.2, 0.25) is 0 Å². The molecule has 0 saturated carbocycles. The number of quaternary nitrogens is 1. The van der Waals surface area contributed by atoms with Gasteiger partial charge in [-0.2, -0.15) is 8.42 Å². The molecule has 2 N–H and O–H groups in total. The maximum atomic E-state index is 10.1. The standard InChI is InChI=1S/C32H60NO3.CH4O3S/c1-5-6-7-8-9-10-11-12-13-14-15-16-17-20-27-35-28-31(34)29-36-32-24-22-30(23-25-32)21-18-19-26-33(2,3)4;1-5(2,3)4/h22-25,31,34H,5-21,26-29H2,1-4H3;1H3,(H,2,3,4)/q+1;. The molecule has 0 fully saturated rings. The predicted octanol–water partition coefficient (Wildman–Crippen LogP) is 7.46. The summed E-state index contributed by atoms with van der Waals surface area (Å²) in [6.45, 7) is 4.85. The molecule has 0 saturated heterocycles. The van der Waals surface area contributed by atoms with Crippen LogP contribution in [0.25, 0.3) is 0 Å². The molecule has 1 rings (SSSR count). The van der Waals surface area contributed by atoms with Crippen molar-refractivity contribution in [2.45, 2.75) is 122 Å². The van der Waals surface area contributed by atoms with E-state index in [1.165, 1.54) is 108 Å². The van der Waals surface area contributed by atoms with Crippen molar-refractivity contribution in [2.75, 3.05) is 53.8 Å². The number of nitrogens with zero attached hydrogens (tertiary/aromatic N) is 1. The number of hydrogen-bond acceptors (Lipinski definition) is 5. The van der Waals surface area contributed by atoms with Gasteiger partial charge in [-0.25, -0.2) is 0 Å². The fourth-order valence-electron chi connectivity index (χ4n) is 4.53. The van der Waals surface area contributed by atoms with Crippen molar-refractivity contribution in [3.8, 4) is 5.75 Å². The van der Waals surface area contributed by atoms with Gasteiger partial charge in [-0.1, -0.05) is 103 Å². The smallest absolute Gasteiger partial charge is 0.261 e. The van der Waals surface area contributed by atoms with Gasteiger partial charge in [-0.05, 0) is 43.4 Å². The first kappa shape index (κ1) is 39.8. The van der Waals surface area contributed by atoms with Gasteiger partial charge in [0.2, 0.25) is 0 Å². The van der Waals surface area contributed by atoms with Crippen LogP contribution < -0.4 is 4.74 Å². The van der Waals surface area contributed by atoms with Crippen molar-refractivity contribution in [2.24, 2.45) is 0 Å². The Labute approximate surface area is 253 Å². The molecule has 1 aromatic carbocycles. The first-order chi connectivity index (χ1) is 19.4. The van der Waals surface area contributed by atoms with Crippen molar-refractivity contribution in [1.29, 1.82) is 0 Å². The van der Waals surface area contributed by atoms with Crippen molar-refractivity contribution >= 4 is 10.1 Å². The first-order valence-electron chi connectivity index (χ1n) is 16.1. The molecule has 0 bridgehead atoms. The lowest BCUT2D eigenvalue weighted by atomic mass is 10.0. The third kappa shape index (κ3) is 33.2. The number of ether oxygens (including phenoxy) is 2. The quantitative estimate of drug-likeness (QED) is 0.0686. The monoisotopic (exact) mass is 602 g/mol. The molecular formula is C33H64NO6S+. The summed E-state index contributed by atoms with van der Waals surface area (Å²) in [7, 11) is 3.06. The lowest BCUT2D eigenvalue weighted by Crippen LogP contribution is -2.35. The van der Waals surface area contributed by atoms with Gasteiger partial charge in [0.1, 0.15) is 18.5 Å². The SMILES string of the molecule is CCCCCCCCCCCCCCCCOCC(O)COc1ccc(CCCC[N+](C)(C)C)cc1.CS(=O)(=O)O. The molecular weight excluding hydrogens is 538 g/mol. The molecule has 1 unspecified atom stereocenters. The van der Waals surface area contributed by atoms with E-state index in [1.807, 2.05) is 12.1 Å². The van der Waals surface area contributed by atoms with E-state index in [4.69, 9.17) is 14.0 Å². The molecule has 0 aliphatic carbocycles. The fraction of sp³-hybridized carbons (Fsp3) is 0.818. The molecule has 7 nitrogen and oxygen atoms in total. The number of aliphatic hydroxyl groups excluding tert-OH is 1. The van der Waals surface area contributed by atoms with E-state index < -0.39 is 16.2 Å². The van der Waals surface area contributed by atoms with E-state index in [9.17, 15) is 13.5 Å². The summed E-state index contributed by atoms with van der Waals surface area (Å²) in [4.78, 5) is 0. The zero-order chi connectivity index (χ0) is 30.8.